The number of anilines is 1. The molecule has 0 fully saturated rings. The summed E-state index contributed by atoms with van der Waals surface area (Å²) in [7, 11) is 1.10. The van der Waals surface area contributed by atoms with Crippen LogP contribution in [0.15, 0.2) is 61.1 Å². The Bertz CT molecular complexity index is 1180. The molecule has 0 aliphatic rings. The van der Waals surface area contributed by atoms with Crippen molar-refractivity contribution in [2.75, 3.05) is 12.0 Å². The molecule has 0 saturated carbocycles. The minimum Gasteiger partial charge on any atom is -0.467 e. The second-order valence-electron chi connectivity index (χ2n) is 6.92. The van der Waals surface area contributed by atoms with Gasteiger partial charge in [0.25, 0.3) is 11.4 Å². The van der Waals surface area contributed by atoms with Gasteiger partial charge in [0.2, 0.25) is 0 Å². The molecule has 1 aromatic heterocycles. The molecule has 13 nitrogen and oxygen atoms in total. The fourth-order valence-corrected chi connectivity index (χ4v) is 3.18. The van der Waals surface area contributed by atoms with E-state index in [1.165, 1.54) is 12.5 Å². The highest BCUT2D eigenvalue weighted by Crippen LogP contribution is 2.34. The number of aromatic nitrogens is 2. The SMILES string of the molecule is COC(=O)[C@H](Cc1cnc[nH]1)N(C(=O)OCc1ccccc1)c1ccc([N+](=O)[O-])cc1[N+](=O)[O-]. The first-order valence-electron chi connectivity index (χ1n) is 9.79. The third-order valence-corrected chi connectivity index (χ3v) is 4.78. The average Bonchev–Trinajstić information content (AvgIpc) is 3.35. The number of esters is 1. The first kappa shape index (κ1) is 23.8. The lowest BCUT2D eigenvalue weighted by molar-refractivity contribution is -0.393. The number of aromatic amines is 1. The fraction of sp³-hybridized carbons (Fsp3) is 0.190. The summed E-state index contributed by atoms with van der Waals surface area (Å²) >= 11 is 0. The van der Waals surface area contributed by atoms with Crippen LogP contribution in [0.2, 0.25) is 0 Å². The molecular weight excluding hydrogens is 450 g/mol. The molecule has 34 heavy (non-hydrogen) atoms. The van der Waals surface area contributed by atoms with Gasteiger partial charge in [-0.05, 0) is 11.6 Å². The molecule has 2 aromatic carbocycles. The van der Waals surface area contributed by atoms with Crippen molar-refractivity contribution < 1.29 is 28.9 Å². The predicted octanol–water partition coefficient (Wildman–Crippen LogP) is 3.15. The van der Waals surface area contributed by atoms with Crippen LogP contribution in [0.4, 0.5) is 21.9 Å². The Balaban J connectivity index is 2.08. The number of H-pyrrole nitrogens is 1. The van der Waals surface area contributed by atoms with E-state index in [9.17, 15) is 29.8 Å². The molecule has 1 amide bonds. The number of nitro groups is 2. The minimum absolute atomic E-state index is 0.152. The molecule has 176 valence electrons. The zero-order valence-electron chi connectivity index (χ0n) is 17.8. The number of hydrogen-bond acceptors (Lipinski definition) is 9. The molecule has 0 aliphatic heterocycles. The monoisotopic (exact) mass is 469 g/mol. The van der Waals surface area contributed by atoms with Gasteiger partial charge in [-0.1, -0.05) is 30.3 Å². The molecule has 3 aromatic rings. The van der Waals surface area contributed by atoms with Gasteiger partial charge in [0.15, 0.2) is 0 Å². The van der Waals surface area contributed by atoms with Gasteiger partial charge in [0, 0.05) is 24.4 Å². The summed E-state index contributed by atoms with van der Waals surface area (Å²) in [5.74, 6) is -0.890. The lowest BCUT2D eigenvalue weighted by Gasteiger charge is -2.28. The smallest absolute Gasteiger partial charge is 0.415 e. The number of hydrogen-bond donors (Lipinski definition) is 1. The Kier molecular flexibility index (Phi) is 7.48. The van der Waals surface area contributed by atoms with Gasteiger partial charge in [0.05, 0.1) is 29.4 Å². The van der Waals surface area contributed by atoms with Crippen LogP contribution in [0.25, 0.3) is 0 Å². The van der Waals surface area contributed by atoms with Gasteiger partial charge in [0.1, 0.15) is 18.3 Å². The zero-order chi connectivity index (χ0) is 24.7. The van der Waals surface area contributed by atoms with Crippen LogP contribution >= 0.6 is 0 Å². The molecule has 0 radical (unpaired) electrons. The number of non-ortho nitro benzene ring substituents is 1. The molecular formula is C21H19N5O8. The summed E-state index contributed by atoms with van der Waals surface area (Å²) in [5, 5.41) is 22.9. The predicted molar refractivity (Wildman–Crippen MR) is 117 cm³/mol. The standard InChI is InChI=1S/C21H19N5O8/c1-33-20(27)19(9-15-11-22-13-23-15)24(21(28)34-12-14-5-3-2-4-6-14)17-8-7-16(25(29)30)10-18(17)26(31)32/h2-8,10-11,13,19H,9,12H2,1H3,(H,22,23)/t19-/m0/s1. The number of imidazole rings is 1. The van der Waals surface area contributed by atoms with Crippen molar-refractivity contribution in [1.82, 2.24) is 9.97 Å². The number of carbonyl (C=O) groups excluding carboxylic acids is 2. The fourth-order valence-electron chi connectivity index (χ4n) is 3.18. The summed E-state index contributed by atoms with van der Waals surface area (Å²) in [6.07, 6.45) is 1.53. The molecule has 0 spiro atoms. The Morgan fingerprint density at radius 2 is 1.85 bits per heavy atom. The Morgan fingerprint density at radius 3 is 2.44 bits per heavy atom. The molecule has 0 saturated heterocycles. The molecule has 0 aliphatic carbocycles. The van der Waals surface area contributed by atoms with E-state index in [2.05, 4.69) is 9.97 Å². The molecule has 13 heteroatoms. The van der Waals surface area contributed by atoms with Gasteiger partial charge in [-0.25, -0.2) is 14.6 Å². The van der Waals surface area contributed by atoms with Crippen molar-refractivity contribution in [3.8, 4) is 0 Å². The quantitative estimate of drug-likeness (QED) is 0.281. The maximum atomic E-state index is 13.2. The molecule has 1 heterocycles. The van der Waals surface area contributed by atoms with Crippen molar-refractivity contribution >= 4 is 29.1 Å². The van der Waals surface area contributed by atoms with Gasteiger partial charge >= 0.3 is 12.1 Å². The number of nitrogens with zero attached hydrogens (tertiary/aromatic N) is 4. The highest BCUT2D eigenvalue weighted by Gasteiger charge is 2.38. The number of benzene rings is 2. The minimum atomic E-state index is -1.41. The second kappa shape index (κ2) is 10.7. The Morgan fingerprint density at radius 1 is 1.12 bits per heavy atom. The normalized spacial score (nSPS) is 11.3. The summed E-state index contributed by atoms with van der Waals surface area (Å²) in [5.41, 5.74) is -0.623. The maximum Gasteiger partial charge on any atom is 0.415 e. The van der Waals surface area contributed by atoms with Crippen LogP contribution in [0.1, 0.15) is 11.3 Å². The van der Waals surface area contributed by atoms with Crippen LogP contribution in [0.5, 0.6) is 0 Å². The van der Waals surface area contributed by atoms with E-state index < -0.39 is 39.3 Å². The number of methoxy groups -OCH3 is 1. The lowest BCUT2D eigenvalue weighted by atomic mass is 10.1. The third-order valence-electron chi connectivity index (χ3n) is 4.78. The zero-order valence-corrected chi connectivity index (χ0v) is 17.8. The number of carbonyl (C=O) groups is 2. The van der Waals surface area contributed by atoms with Crippen molar-refractivity contribution in [2.24, 2.45) is 0 Å². The molecule has 1 N–H and O–H groups in total. The number of amides is 1. The van der Waals surface area contributed by atoms with E-state index in [4.69, 9.17) is 9.47 Å². The van der Waals surface area contributed by atoms with Crippen molar-refractivity contribution in [2.45, 2.75) is 19.1 Å². The third kappa shape index (κ3) is 5.51. The van der Waals surface area contributed by atoms with Crippen molar-refractivity contribution in [3.63, 3.8) is 0 Å². The van der Waals surface area contributed by atoms with E-state index in [1.54, 1.807) is 30.3 Å². The first-order valence-corrected chi connectivity index (χ1v) is 9.79. The summed E-state index contributed by atoms with van der Waals surface area (Å²) in [6.45, 7) is -0.186. The lowest BCUT2D eigenvalue weighted by Crippen LogP contribution is -2.48. The van der Waals surface area contributed by atoms with E-state index in [0.717, 1.165) is 24.1 Å². The molecule has 0 bridgehead atoms. The first-order chi connectivity index (χ1) is 16.3. The topological polar surface area (TPSA) is 171 Å². The van der Waals surface area contributed by atoms with Gasteiger partial charge in [-0.2, -0.15) is 0 Å². The van der Waals surface area contributed by atoms with Crippen LogP contribution in [-0.2, 0) is 27.3 Å². The van der Waals surface area contributed by atoms with Gasteiger partial charge in [-0.3, -0.25) is 25.1 Å². The Hall–Kier alpha value is -4.81. The molecule has 1 atom stereocenters. The molecule has 0 unspecified atom stereocenters. The number of nitro benzene ring substituents is 2. The van der Waals surface area contributed by atoms with E-state index in [-0.39, 0.29) is 18.7 Å². The van der Waals surface area contributed by atoms with E-state index in [1.807, 2.05) is 0 Å². The summed E-state index contributed by atoms with van der Waals surface area (Å²) in [4.78, 5) is 54.5. The van der Waals surface area contributed by atoms with Crippen molar-refractivity contribution in [3.05, 3.63) is 92.5 Å². The van der Waals surface area contributed by atoms with Gasteiger partial charge in [-0.15, -0.1) is 0 Å². The Labute approximate surface area is 192 Å². The van der Waals surface area contributed by atoms with Crippen LogP contribution in [0, 0.1) is 20.2 Å². The van der Waals surface area contributed by atoms with E-state index in [0.29, 0.717) is 17.3 Å². The van der Waals surface area contributed by atoms with Crippen LogP contribution < -0.4 is 4.90 Å². The average molecular weight is 469 g/mol. The van der Waals surface area contributed by atoms with Gasteiger partial charge < -0.3 is 14.5 Å². The number of nitrogens with one attached hydrogen (secondary N) is 1. The van der Waals surface area contributed by atoms with Crippen molar-refractivity contribution in [1.29, 1.82) is 0 Å². The highest BCUT2D eigenvalue weighted by atomic mass is 16.6. The second-order valence-corrected chi connectivity index (χ2v) is 6.92. The maximum absolute atomic E-state index is 13.2. The summed E-state index contributed by atoms with van der Waals surface area (Å²) in [6, 6.07) is 9.95. The van der Waals surface area contributed by atoms with E-state index >= 15 is 0 Å². The van der Waals surface area contributed by atoms with Crippen LogP contribution in [0.3, 0.4) is 0 Å². The largest absolute Gasteiger partial charge is 0.467 e. The number of ether oxygens (including phenoxy) is 2. The molecule has 3 rings (SSSR count). The number of rotatable bonds is 9. The highest BCUT2D eigenvalue weighted by molar-refractivity contribution is 5.98. The van der Waals surface area contributed by atoms with Crippen LogP contribution in [-0.4, -0.2) is 45.0 Å². The summed E-state index contributed by atoms with van der Waals surface area (Å²) < 4.78 is 10.2.